The number of ether oxygens (including phenoxy) is 1. The first kappa shape index (κ1) is 15.4. The fourth-order valence-electron chi connectivity index (χ4n) is 2.03. The van der Waals surface area contributed by atoms with Gasteiger partial charge < -0.3 is 10.1 Å². The largest absolute Gasteiger partial charge is 0.443 e. The lowest BCUT2D eigenvalue weighted by molar-refractivity contribution is 0.0357. The highest BCUT2D eigenvalue weighted by molar-refractivity contribution is 5.94. The lowest BCUT2D eigenvalue weighted by Crippen LogP contribution is -2.49. The van der Waals surface area contributed by atoms with Crippen molar-refractivity contribution in [3.05, 3.63) is 35.9 Å². The van der Waals surface area contributed by atoms with Gasteiger partial charge in [0.05, 0.1) is 0 Å². The van der Waals surface area contributed by atoms with Crippen LogP contribution in [0.5, 0.6) is 0 Å². The van der Waals surface area contributed by atoms with Gasteiger partial charge in [0.15, 0.2) is 0 Å². The SMILES string of the molecule is CC(C)(C)OC(=O)N1CCCN=C1NCc1ccccc1. The van der Waals surface area contributed by atoms with E-state index in [2.05, 4.69) is 10.3 Å². The molecule has 5 nitrogen and oxygen atoms in total. The van der Waals surface area contributed by atoms with Gasteiger partial charge in [-0.15, -0.1) is 0 Å². The molecule has 1 amide bonds. The van der Waals surface area contributed by atoms with Crippen molar-refractivity contribution in [2.75, 3.05) is 13.1 Å². The Labute approximate surface area is 126 Å². The van der Waals surface area contributed by atoms with Crippen molar-refractivity contribution in [1.82, 2.24) is 10.2 Å². The molecule has 0 radical (unpaired) electrons. The van der Waals surface area contributed by atoms with E-state index >= 15 is 0 Å². The lowest BCUT2D eigenvalue weighted by atomic mass is 10.2. The van der Waals surface area contributed by atoms with Gasteiger partial charge in [0.2, 0.25) is 5.96 Å². The minimum absolute atomic E-state index is 0.346. The Kier molecular flexibility index (Phi) is 4.83. The third-order valence-corrected chi connectivity index (χ3v) is 2.96. The molecule has 0 bridgehead atoms. The number of hydrogen-bond acceptors (Lipinski definition) is 4. The highest BCUT2D eigenvalue weighted by atomic mass is 16.6. The van der Waals surface area contributed by atoms with Gasteiger partial charge in [-0.05, 0) is 32.8 Å². The van der Waals surface area contributed by atoms with E-state index in [4.69, 9.17) is 4.74 Å². The number of benzene rings is 1. The number of rotatable bonds is 2. The van der Waals surface area contributed by atoms with Crippen LogP contribution in [0, 0.1) is 0 Å². The first-order valence-electron chi connectivity index (χ1n) is 7.28. The Hall–Kier alpha value is -2.04. The summed E-state index contributed by atoms with van der Waals surface area (Å²) >= 11 is 0. The molecule has 0 aromatic heterocycles. The van der Waals surface area contributed by atoms with Crippen molar-refractivity contribution >= 4 is 12.1 Å². The molecule has 1 aliphatic rings. The molecule has 0 saturated heterocycles. The Balaban J connectivity index is 1.99. The zero-order chi connectivity index (χ0) is 15.3. The van der Waals surface area contributed by atoms with Gasteiger partial charge in [-0.3, -0.25) is 4.99 Å². The molecule has 1 aromatic rings. The molecule has 0 aliphatic carbocycles. The summed E-state index contributed by atoms with van der Waals surface area (Å²) in [6.07, 6.45) is 0.511. The van der Waals surface area contributed by atoms with Crippen molar-refractivity contribution in [1.29, 1.82) is 0 Å². The molecule has 5 heteroatoms. The standard InChI is InChI=1S/C16H23N3O2/c1-16(2,3)21-15(20)19-11-7-10-17-14(19)18-12-13-8-5-4-6-9-13/h4-6,8-9H,7,10-12H2,1-3H3,(H,17,18). The maximum absolute atomic E-state index is 12.2. The van der Waals surface area contributed by atoms with E-state index in [0.717, 1.165) is 18.5 Å². The van der Waals surface area contributed by atoms with Gasteiger partial charge in [0, 0.05) is 19.6 Å². The molecule has 0 atom stereocenters. The van der Waals surface area contributed by atoms with Crippen LogP contribution in [0.2, 0.25) is 0 Å². The molecule has 21 heavy (non-hydrogen) atoms. The summed E-state index contributed by atoms with van der Waals surface area (Å²) in [5.74, 6) is 0.597. The predicted octanol–water partition coefficient (Wildman–Crippen LogP) is 2.77. The number of amides is 1. The number of nitrogens with one attached hydrogen (secondary N) is 1. The minimum Gasteiger partial charge on any atom is -0.443 e. The summed E-state index contributed by atoms with van der Waals surface area (Å²) in [5, 5.41) is 3.23. The average molecular weight is 289 g/mol. The lowest BCUT2D eigenvalue weighted by Gasteiger charge is -2.30. The number of guanidine groups is 1. The van der Waals surface area contributed by atoms with Crippen LogP contribution >= 0.6 is 0 Å². The van der Waals surface area contributed by atoms with E-state index in [1.165, 1.54) is 0 Å². The summed E-state index contributed by atoms with van der Waals surface area (Å²) in [5.41, 5.74) is 0.647. The normalized spacial score (nSPS) is 15.4. The number of nitrogens with zero attached hydrogens (tertiary/aromatic N) is 2. The van der Waals surface area contributed by atoms with E-state index in [-0.39, 0.29) is 6.09 Å². The summed E-state index contributed by atoms with van der Waals surface area (Å²) < 4.78 is 5.43. The molecule has 0 spiro atoms. The topological polar surface area (TPSA) is 53.9 Å². The zero-order valence-electron chi connectivity index (χ0n) is 12.9. The molecule has 2 rings (SSSR count). The molecule has 0 saturated carbocycles. The average Bonchev–Trinajstić information content (AvgIpc) is 2.45. The van der Waals surface area contributed by atoms with Gasteiger partial charge in [-0.25, -0.2) is 9.69 Å². The molecule has 1 N–H and O–H groups in total. The Morgan fingerprint density at radius 3 is 2.71 bits per heavy atom. The number of aliphatic imine (C=N–C) groups is 1. The van der Waals surface area contributed by atoms with Crippen LogP contribution in [0.3, 0.4) is 0 Å². The van der Waals surface area contributed by atoms with Crippen LogP contribution in [0.1, 0.15) is 32.8 Å². The van der Waals surface area contributed by atoms with E-state index in [1.807, 2.05) is 51.1 Å². The summed E-state index contributed by atoms with van der Waals surface area (Å²) in [4.78, 5) is 18.2. The Bertz CT molecular complexity index is 506. The highest BCUT2D eigenvalue weighted by Gasteiger charge is 2.27. The number of hydrogen-bond donors (Lipinski definition) is 1. The molecule has 0 unspecified atom stereocenters. The van der Waals surface area contributed by atoms with Gasteiger partial charge in [0.1, 0.15) is 5.60 Å². The van der Waals surface area contributed by atoms with Crippen LogP contribution < -0.4 is 5.32 Å². The van der Waals surface area contributed by atoms with Crippen molar-refractivity contribution in [3.8, 4) is 0 Å². The van der Waals surface area contributed by atoms with Crippen LogP contribution in [-0.4, -0.2) is 35.6 Å². The van der Waals surface area contributed by atoms with Crippen LogP contribution in [0.4, 0.5) is 4.79 Å². The third-order valence-electron chi connectivity index (χ3n) is 2.96. The fourth-order valence-corrected chi connectivity index (χ4v) is 2.03. The first-order chi connectivity index (χ1) is 9.96. The van der Waals surface area contributed by atoms with Crippen molar-refractivity contribution in [3.63, 3.8) is 0 Å². The molecule has 114 valence electrons. The zero-order valence-corrected chi connectivity index (χ0v) is 12.9. The van der Waals surface area contributed by atoms with E-state index in [1.54, 1.807) is 4.90 Å². The van der Waals surface area contributed by atoms with Crippen molar-refractivity contribution in [2.24, 2.45) is 4.99 Å². The highest BCUT2D eigenvalue weighted by Crippen LogP contribution is 2.12. The molecular weight excluding hydrogens is 266 g/mol. The fraction of sp³-hybridized carbons (Fsp3) is 0.500. The van der Waals surface area contributed by atoms with E-state index < -0.39 is 5.60 Å². The van der Waals surface area contributed by atoms with Gasteiger partial charge >= 0.3 is 6.09 Å². The smallest absolute Gasteiger partial charge is 0.417 e. The molecule has 0 fully saturated rings. The Morgan fingerprint density at radius 2 is 2.05 bits per heavy atom. The van der Waals surface area contributed by atoms with Crippen LogP contribution in [0.15, 0.2) is 35.3 Å². The number of carbonyl (C=O) groups is 1. The maximum atomic E-state index is 12.2. The first-order valence-corrected chi connectivity index (χ1v) is 7.28. The quantitative estimate of drug-likeness (QED) is 0.911. The van der Waals surface area contributed by atoms with Crippen molar-refractivity contribution < 1.29 is 9.53 Å². The second kappa shape index (κ2) is 6.61. The van der Waals surface area contributed by atoms with Gasteiger partial charge in [-0.2, -0.15) is 0 Å². The monoisotopic (exact) mass is 289 g/mol. The second-order valence-corrected chi connectivity index (χ2v) is 6.03. The predicted molar refractivity (Wildman–Crippen MR) is 83.1 cm³/mol. The maximum Gasteiger partial charge on any atom is 0.417 e. The molecule has 1 aromatic carbocycles. The molecule has 1 aliphatic heterocycles. The number of carbonyl (C=O) groups excluding carboxylic acids is 1. The van der Waals surface area contributed by atoms with E-state index in [0.29, 0.717) is 19.0 Å². The summed E-state index contributed by atoms with van der Waals surface area (Å²) in [6, 6.07) is 10.0. The second-order valence-electron chi connectivity index (χ2n) is 6.03. The van der Waals surface area contributed by atoms with Crippen LogP contribution in [-0.2, 0) is 11.3 Å². The summed E-state index contributed by atoms with van der Waals surface area (Å²) in [6.45, 7) is 7.60. The Morgan fingerprint density at radius 1 is 1.33 bits per heavy atom. The van der Waals surface area contributed by atoms with Crippen LogP contribution in [0.25, 0.3) is 0 Å². The summed E-state index contributed by atoms with van der Waals surface area (Å²) in [7, 11) is 0. The third kappa shape index (κ3) is 4.77. The molecular formula is C16H23N3O2. The minimum atomic E-state index is -0.501. The molecule has 1 heterocycles. The van der Waals surface area contributed by atoms with E-state index in [9.17, 15) is 4.79 Å². The van der Waals surface area contributed by atoms with Crippen molar-refractivity contribution in [2.45, 2.75) is 39.3 Å². The van der Waals surface area contributed by atoms with Gasteiger partial charge in [0.25, 0.3) is 0 Å². The van der Waals surface area contributed by atoms with Gasteiger partial charge in [-0.1, -0.05) is 30.3 Å².